The van der Waals surface area contributed by atoms with Gasteiger partial charge >= 0.3 is 5.97 Å². The summed E-state index contributed by atoms with van der Waals surface area (Å²) in [5.41, 5.74) is 0.927. The van der Waals surface area contributed by atoms with Crippen LogP contribution in [0.25, 0.3) is 0 Å². The van der Waals surface area contributed by atoms with Gasteiger partial charge in [-0.15, -0.1) is 0 Å². The molecule has 0 saturated carbocycles. The van der Waals surface area contributed by atoms with E-state index in [0.717, 1.165) is 24.9 Å². The summed E-state index contributed by atoms with van der Waals surface area (Å²) < 4.78 is 4.81. The number of aromatic nitrogens is 1. The van der Waals surface area contributed by atoms with E-state index in [4.69, 9.17) is 27.9 Å². The van der Waals surface area contributed by atoms with Crippen molar-refractivity contribution in [2.45, 2.75) is 19.4 Å². The summed E-state index contributed by atoms with van der Waals surface area (Å²) in [6.45, 7) is 2.33. The minimum atomic E-state index is -0.134. The molecule has 2 heterocycles. The second-order valence-corrected chi connectivity index (χ2v) is 5.49. The van der Waals surface area contributed by atoms with Crippen LogP contribution in [0.2, 0.25) is 10.2 Å². The minimum Gasteiger partial charge on any atom is -0.469 e. The predicted octanol–water partition coefficient (Wildman–Crippen LogP) is 2.77. The summed E-state index contributed by atoms with van der Waals surface area (Å²) in [6.07, 6.45) is 3.56. The number of pyridine rings is 1. The first kappa shape index (κ1) is 14.6. The third-order valence-corrected chi connectivity index (χ3v) is 3.89. The van der Waals surface area contributed by atoms with Gasteiger partial charge in [0.05, 0.1) is 13.0 Å². The van der Waals surface area contributed by atoms with E-state index in [0.29, 0.717) is 23.3 Å². The molecule has 0 spiro atoms. The summed E-state index contributed by atoms with van der Waals surface area (Å²) >= 11 is 11.9. The Morgan fingerprint density at radius 1 is 1.58 bits per heavy atom. The van der Waals surface area contributed by atoms with Gasteiger partial charge < -0.3 is 4.74 Å². The smallest absolute Gasteiger partial charge is 0.309 e. The van der Waals surface area contributed by atoms with Crippen LogP contribution in [0.5, 0.6) is 0 Å². The van der Waals surface area contributed by atoms with Gasteiger partial charge in [0.25, 0.3) is 0 Å². The topological polar surface area (TPSA) is 42.4 Å². The summed E-state index contributed by atoms with van der Waals surface area (Å²) in [5.74, 6) is -0.178. The molecule has 1 aromatic heterocycles. The fourth-order valence-corrected chi connectivity index (χ4v) is 2.78. The Morgan fingerprint density at radius 2 is 2.37 bits per heavy atom. The Kier molecular flexibility index (Phi) is 5.02. The van der Waals surface area contributed by atoms with Gasteiger partial charge in [0.15, 0.2) is 0 Å². The molecule has 1 unspecified atom stereocenters. The van der Waals surface area contributed by atoms with Crippen LogP contribution in [-0.4, -0.2) is 36.1 Å². The summed E-state index contributed by atoms with van der Waals surface area (Å²) in [7, 11) is 1.43. The van der Waals surface area contributed by atoms with Crippen LogP contribution in [0.15, 0.2) is 12.3 Å². The lowest BCUT2D eigenvalue weighted by Crippen LogP contribution is -2.38. The largest absolute Gasteiger partial charge is 0.469 e. The Balaban J connectivity index is 2.00. The average Bonchev–Trinajstić information content (AvgIpc) is 2.41. The number of rotatable bonds is 3. The third-order valence-electron chi connectivity index (χ3n) is 3.33. The zero-order chi connectivity index (χ0) is 13.8. The molecule has 1 atom stereocenters. The maximum Gasteiger partial charge on any atom is 0.309 e. The van der Waals surface area contributed by atoms with Gasteiger partial charge in [-0.1, -0.05) is 23.2 Å². The van der Waals surface area contributed by atoms with Gasteiger partial charge in [0.1, 0.15) is 5.15 Å². The zero-order valence-electron chi connectivity index (χ0n) is 10.7. The van der Waals surface area contributed by atoms with Crippen LogP contribution >= 0.6 is 23.2 Å². The predicted molar refractivity (Wildman–Crippen MR) is 74.3 cm³/mol. The molecule has 6 heteroatoms. The molecule has 0 N–H and O–H groups in total. The van der Waals surface area contributed by atoms with Crippen LogP contribution in [0, 0.1) is 5.92 Å². The van der Waals surface area contributed by atoms with E-state index in [9.17, 15) is 4.79 Å². The van der Waals surface area contributed by atoms with E-state index in [1.54, 1.807) is 12.3 Å². The van der Waals surface area contributed by atoms with E-state index >= 15 is 0 Å². The highest BCUT2D eigenvalue weighted by Gasteiger charge is 2.26. The van der Waals surface area contributed by atoms with Gasteiger partial charge in [0.2, 0.25) is 0 Å². The van der Waals surface area contributed by atoms with Crippen molar-refractivity contribution in [2.24, 2.45) is 5.92 Å². The maximum absolute atomic E-state index is 11.6. The SMILES string of the molecule is COC(=O)C1CCCN(Cc2cnc(Cl)cc2Cl)C1. The van der Waals surface area contributed by atoms with Crippen LogP contribution in [0.4, 0.5) is 0 Å². The van der Waals surface area contributed by atoms with Gasteiger partial charge in [-0.3, -0.25) is 9.69 Å². The molecule has 0 aromatic carbocycles. The lowest BCUT2D eigenvalue weighted by atomic mass is 9.98. The van der Waals surface area contributed by atoms with Crippen LogP contribution in [0.3, 0.4) is 0 Å². The average molecular weight is 303 g/mol. The second kappa shape index (κ2) is 6.55. The molecule has 0 radical (unpaired) electrons. The molecule has 0 aliphatic carbocycles. The van der Waals surface area contributed by atoms with Gasteiger partial charge in [-0.2, -0.15) is 0 Å². The van der Waals surface area contributed by atoms with Crippen LogP contribution in [-0.2, 0) is 16.1 Å². The second-order valence-electron chi connectivity index (χ2n) is 4.70. The number of ether oxygens (including phenoxy) is 1. The van der Waals surface area contributed by atoms with Crippen molar-refractivity contribution in [1.29, 1.82) is 0 Å². The van der Waals surface area contributed by atoms with Crippen molar-refractivity contribution in [3.8, 4) is 0 Å². The monoisotopic (exact) mass is 302 g/mol. The normalized spacial score (nSPS) is 20.3. The molecule has 1 saturated heterocycles. The van der Waals surface area contributed by atoms with Crippen LogP contribution in [0.1, 0.15) is 18.4 Å². The molecule has 0 amide bonds. The fraction of sp³-hybridized carbons (Fsp3) is 0.538. The van der Waals surface area contributed by atoms with E-state index in [1.165, 1.54) is 7.11 Å². The lowest BCUT2D eigenvalue weighted by molar-refractivity contribution is -0.147. The third kappa shape index (κ3) is 3.81. The first-order chi connectivity index (χ1) is 9.10. The molecule has 4 nitrogen and oxygen atoms in total. The zero-order valence-corrected chi connectivity index (χ0v) is 12.2. The summed E-state index contributed by atoms with van der Waals surface area (Å²) in [5, 5.41) is 1.00. The van der Waals surface area contributed by atoms with Crippen molar-refractivity contribution >= 4 is 29.2 Å². The van der Waals surface area contributed by atoms with Crippen molar-refractivity contribution in [1.82, 2.24) is 9.88 Å². The molecule has 1 aliphatic rings. The number of hydrogen-bond acceptors (Lipinski definition) is 4. The Bertz CT molecular complexity index is 468. The highest BCUT2D eigenvalue weighted by Crippen LogP contribution is 2.23. The molecular formula is C13H16Cl2N2O2. The van der Waals surface area contributed by atoms with Crippen molar-refractivity contribution in [3.05, 3.63) is 28.0 Å². The fourth-order valence-electron chi connectivity index (χ4n) is 2.35. The standard InChI is InChI=1S/C13H16Cl2N2O2/c1-19-13(18)9-3-2-4-17(7-9)8-10-6-16-12(15)5-11(10)14/h5-6,9H,2-4,7-8H2,1H3. The molecule has 1 aromatic rings. The molecular weight excluding hydrogens is 287 g/mol. The Labute approximate surface area is 122 Å². The number of halogens is 2. The molecule has 1 fully saturated rings. The number of piperidine rings is 1. The Hall–Kier alpha value is -0.840. The number of hydrogen-bond donors (Lipinski definition) is 0. The molecule has 0 bridgehead atoms. The number of nitrogens with zero attached hydrogens (tertiary/aromatic N) is 2. The number of carbonyl (C=O) groups is 1. The summed E-state index contributed by atoms with van der Waals surface area (Å²) in [6, 6.07) is 1.64. The number of carbonyl (C=O) groups excluding carboxylic acids is 1. The highest BCUT2D eigenvalue weighted by atomic mass is 35.5. The lowest BCUT2D eigenvalue weighted by Gasteiger charge is -2.31. The van der Waals surface area contributed by atoms with E-state index in [-0.39, 0.29) is 11.9 Å². The van der Waals surface area contributed by atoms with Gasteiger partial charge in [0, 0.05) is 29.9 Å². The van der Waals surface area contributed by atoms with Crippen LogP contribution < -0.4 is 0 Å². The minimum absolute atomic E-state index is 0.0437. The van der Waals surface area contributed by atoms with E-state index < -0.39 is 0 Å². The van der Waals surface area contributed by atoms with Crippen molar-refractivity contribution in [2.75, 3.05) is 20.2 Å². The maximum atomic E-state index is 11.6. The Morgan fingerprint density at radius 3 is 3.05 bits per heavy atom. The van der Waals surface area contributed by atoms with Crippen molar-refractivity contribution < 1.29 is 9.53 Å². The number of likely N-dealkylation sites (tertiary alicyclic amines) is 1. The van der Waals surface area contributed by atoms with Crippen molar-refractivity contribution in [3.63, 3.8) is 0 Å². The number of esters is 1. The first-order valence-electron chi connectivity index (χ1n) is 6.20. The first-order valence-corrected chi connectivity index (χ1v) is 6.96. The number of methoxy groups -OCH3 is 1. The molecule has 104 valence electrons. The van der Waals surface area contributed by atoms with Gasteiger partial charge in [-0.25, -0.2) is 4.98 Å². The molecule has 2 rings (SSSR count). The summed E-state index contributed by atoms with van der Waals surface area (Å²) in [4.78, 5) is 17.8. The quantitative estimate of drug-likeness (QED) is 0.636. The molecule has 19 heavy (non-hydrogen) atoms. The van der Waals surface area contributed by atoms with E-state index in [2.05, 4.69) is 9.88 Å². The highest BCUT2D eigenvalue weighted by molar-refractivity contribution is 6.34. The van der Waals surface area contributed by atoms with E-state index in [1.807, 2.05) is 0 Å². The van der Waals surface area contributed by atoms with Gasteiger partial charge in [-0.05, 0) is 25.5 Å². The molecule has 1 aliphatic heterocycles.